The zero-order valence-electron chi connectivity index (χ0n) is 10.1. The molecule has 0 amide bonds. The Kier molecular flexibility index (Phi) is 3.54. The number of rotatable bonds is 5. The van der Waals surface area contributed by atoms with Crippen LogP contribution in [0.15, 0.2) is 29.0 Å². The molecule has 90 valence electrons. The van der Waals surface area contributed by atoms with Crippen molar-refractivity contribution in [2.24, 2.45) is 0 Å². The maximum absolute atomic E-state index is 10.9. The van der Waals surface area contributed by atoms with Crippen LogP contribution in [0.25, 0.3) is 11.1 Å². The molecule has 0 radical (unpaired) electrons. The molecule has 4 nitrogen and oxygen atoms in total. The summed E-state index contributed by atoms with van der Waals surface area (Å²) in [6, 6.07) is 6.01. The van der Waals surface area contributed by atoms with Gasteiger partial charge in [0, 0.05) is 6.54 Å². The number of hydrogen-bond donors (Lipinski definition) is 0. The molecule has 0 saturated carbocycles. The minimum atomic E-state index is 0.193. The van der Waals surface area contributed by atoms with E-state index in [0.717, 1.165) is 24.1 Å². The van der Waals surface area contributed by atoms with Crippen molar-refractivity contribution < 1.29 is 9.21 Å². The van der Waals surface area contributed by atoms with Crippen molar-refractivity contribution in [3.8, 4) is 0 Å². The van der Waals surface area contributed by atoms with E-state index in [1.54, 1.807) is 6.92 Å². The van der Waals surface area contributed by atoms with Crippen LogP contribution in [0.3, 0.4) is 0 Å². The third-order valence-electron chi connectivity index (χ3n) is 2.67. The smallest absolute Gasteiger partial charge is 0.181 e. The van der Waals surface area contributed by atoms with Crippen molar-refractivity contribution in [2.45, 2.75) is 13.3 Å². The van der Waals surface area contributed by atoms with Crippen LogP contribution in [-0.4, -0.2) is 35.8 Å². The van der Waals surface area contributed by atoms with Crippen LogP contribution in [0.5, 0.6) is 0 Å². The van der Waals surface area contributed by atoms with Crippen LogP contribution in [-0.2, 0) is 11.2 Å². The predicted octanol–water partition coefficient (Wildman–Crippen LogP) is 1.89. The fourth-order valence-corrected chi connectivity index (χ4v) is 1.83. The van der Waals surface area contributed by atoms with Gasteiger partial charge >= 0.3 is 0 Å². The van der Waals surface area contributed by atoms with Crippen LogP contribution in [0.2, 0.25) is 0 Å². The quantitative estimate of drug-likeness (QED) is 0.789. The molecule has 0 bridgehead atoms. The van der Waals surface area contributed by atoms with Gasteiger partial charge in [-0.2, -0.15) is 0 Å². The number of hydrogen-bond acceptors (Lipinski definition) is 4. The average Bonchev–Trinajstić information content (AvgIpc) is 2.72. The summed E-state index contributed by atoms with van der Waals surface area (Å²) in [7, 11) is 1.95. The molecule has 1 aromatic heterocycles. The first kappa shape index (κ1) is 11.8. The summed E-state index contributed by atoms with van der Waals surface area (Å²) in [5.41, 5.74) is 2.90. The Morgan fingerprint density at radius 1 is 1.47 bits per heavy atom. The molecule has 0 unspecified atom stereocenters. The highest BCUT2D eigenvalue weighted by molar-refractivity contribution is 5.77. The number of oxazole rings is 1. The number of carbonyl (C=O) groups is 1. The van der Waals surface area contributed by atoms with E-state index >= 15 is 0 Å². The highest BCUT2D eigenvalue weighted by Gasteiger charge is 2.04. The molecule has 2 aromatic rings. The molecule has 0 spiro atoms. The van der Waals surface area contributed by atoms with E-state index < -0.39 is 0 Å². The second-order valence-electron chi connectivity index (χ2n) is 4.34. The average molecular weight is 232 g/mol. The molecule has 0 aliphatic carbocycles. The lowest BCUT2D eigenvalue weighted by atomic mass is 10.1. The summed E-state index contributed by atoms with van der Waals surface area (Å²) >= 11 is 0. The largest absolute Gasteiger partial charge is 0.443 e. The van der Waals surface area contributed by atoms with Crippen LogP contribution in [0, 0.1) is 0 Å². The maximum atomic E-state index is 10.9. The van der Waals surface area contributed by atoms with Crippen molar-refractivity contribution in [1.29, 1.82) is 0 Å². The SMILES string of the molecule is CC(=O)CN(C)CCc1ccc2ncoc2c1. The van der Waals surface area contributed by atoms with Crippen LogP contribution >= 0.6 is 0 Å². The number of fused-ring (bicyclic) bond motifs is 1. The van der Waals surface area contributed by atoms with Gasteiger partial charge in [-0.3, -0.25) is 9.69 Å². The molecule has 0 aliphatic heterocycles. The van der Waals surface area contributed by atoms with E-state index in [1.165, 1.54) is 12.0 Å². The van der Waals surface area contributed by atoms with Crippen LogP contribution in [0.1, 0.15) is 12.5 Å². The summed E-state index contributed by atoms with van der Waals surface area (Å²) < 4.78 is 5.25. The minimum absolute atomic E-state index is 0.193. The van der Waals surface area contributed by atoms with Gasteiger partial charge in [0.25, 0.3) is 0 Å². The van der Waals surface area contributed by atoms with Gasteiger partial charge in [0.05, 0.1) is 6.54 Å². The van der Waals surface area contributed by atoms with E-state index in [4.69, 9.17) is 4.42 Å². The zero-order chi connectivity index (χ0) is 12.3. The van der Waals surface area contributed by atoms with Gasteiger partial charge in [0.15, 0.2) is 12.0 Å². The van der Waals surface area contributed by atoms with Gasteiger partial charge in [-0.1, -0.05) is 6.07 Å². The summed E-state index contributed by atoms with van der Waals surface area (Å²) in [6.45, 7) is 2.97. The van der Waals surface area contributed by atoms with Crippen LogP contribution in [0.4, 0.5) is 0 Å². The highest BCUT2D eigenvalue weighted by atomic mass is 16.3. The number of ketones is 1. The number of benzene rings is 1. The van der Waals surface area contributed by atoms with Gasteiger partial charge in [-0.15, -0.1) is 0 Å². The minimum Gasteiger partial charge on any atom is -0.443 e. The third kappa shape index (κ3) is 3.14. The van der Waals surface area contributed by atoms with Gasteiger partial charge in [-0.25, -0.2) is 4.98 Å². The van der Waals surface area contributed by atoms with Crippen molar-refractivity contribution in [2.75, 3.05) is 20.1 Å². The first-order chi connectivity index (χ1) is 8.15. The molecule has 17 heavy (non-hydrogen) atoms. The molecular formula is C13H16N2O2. The number of nitrogens with zero attached hydrogens (tertiary/aromatic N) is 2. The van der Waals surface area contributed by atoms with Gasteiger partial charge in [-0.05, 0) is 38.1 Å². The second-order valence-corrected chi connectivity index (χ2v) is 4.34. The highest BCUT2D eigenvalue weighted by Crippen LogP contribution is 2.14. The van der Waals surface area contributed by atoms with E-state index in [0.29, 0.717) is 6.54 Å². The lowest BCUT2D eigenvalue weighted by Gasteiger charge is -2.14. The Morgan fingerprint density at radius 3 is 3.06 bits per heavy atom. The lowest BCUT2D eigenvalue weighted by Crippen LogP contribution is -2.26. The Morgan fingerprint density at radius 2 is 2.29 bits per heavy atom. The Balaban J connectivity index is 1.96. The molecule has 4 heteroatoms. The van der Waals surface area contributed by atoms with E-state index in [-0.39, 0.29) is 5.78 Å². The Labute approximate surface area is 100 Å². The monoisotopic (exact) mass is 232 g/mol. The normalized spacial score (nSPS) is 11.2. The Bertz CT molecular complexity index is 519. The van der Waals surface area contributed by atoms with E-state index in [9.17, 15) is 4.79 Å². The molecule has 0 atom stereocenters. The molecule has 0 saturated heterocycles. The standard InChI is InChI=1S/C13H16N2O2/c1-10(16)8-15(2)6-5-11-3-4-12-13(7-11)17-9-14-12/h3-4,7,9H,5-6,8H2,1-2H3. The molecule has 0 fully saturated rings. The fraction of sp³-hybridized carbons (Fsp3) is 0.385. The first-order valence-corrected chi connectivity index (χ1v) is 5.65. The van der Waals surface area contributed by atoms with Crippen molar-refractivity contribution in [3.05, 3.63) is 30.2 Å². The molecule has 1 aromatic carbocycles. The molecule has 0 aliphatic rings. The van der Waals surface area contributed by atoms with E-state index in [1.807, 2.05) is 30.1 Å². The van der Waals surface area contributed by atoms with Gasteiger partial charge in [0.1, 0.15) is 11.3 Å². The number of likely N-dealkylation sites (N-methyl/N-ethyl adjacent to an activating group) is 1. The third-order valence-corrected chi connectivity index (χ3v) is 2.67. The molecule has 2 rings (SSSR count). The number of carbonyl (C=O) groups excluding carboxylic acids is 1. The number of aromatic nitrogens is 1. The predicted molar refractivity (Wildman–Crippen MR) is 65.9 cm³/mol. The Hall–Kier alpha value is -1.68. The second kappa shape index (κ2) is 5.10. The summed E-state index contributed by atoms with van der Waals surface area (Å²) in [5.74, 6) is 0.193. The maximum Gasteiger partial charge on any atom is 0.181 e. The zero-order valence-corrected chi connectivity index (χ0v) is 10.1. The van der Waals surface area contributed by atoms with Crippen molar-refractivity contribution in [3.63, 3.8) is 0 Å². The fourth-order valence-electron chi connectivity index (χ4n) is 1.83. The van der Waals surface area contributed by atoms with Gasteiger partial charge < -0.3 is 4.42 Å². The molecule has 1 heterocycles. The van der Waals surface area contributed by atoms with Crippen molar-refractivity contribution in [1.82, 2.24) is 9.88 Å². The summed E-state index contributed by atoms with van der Waals surface area (Å²) in [4.78, 5) is 17.0. The van der Waals surface area contributed by atoms with Crippen LogP contribution < -0.4 is 0 Å². The lowest BCUT2D eigenvalue weighted by molar-refractivity contribution is -0.117. The summed E-state index contributed by atoms with van der Waals surface area (Å²) in [5, 5.41) is 0. The number of Topliss-reactive ketones (excluding diaryl/α,β-unsaturated/α-hetero) is 1. The van der Waals surface area contributed by atoms with Crippen molar-refractivity contribution >= 4 is 16.9 Å². The van der Waals surface area contributed by atoms with Gasteiger partial charge in [0.2, 0.25) is 0 Å². The molecule has 0 N–H and O–H groups in total. The van der Waals surface area contributed by atoms with E-state index in [2.05, 4.69) is 4.98 Å². The molecular weight excluding hydrogens is 216 g/mol. The topological polar surface area (TPSA) is 46.3 Å². The first-order valence-electron chi connectivity index (χ1n) is 5.65. The summed E-state index contributed by atoms with van der Waals surface area (Å²) in [6.07, 6.45) is 2.36.